The summed E-state index contributed by atoms with van der Waals surface area (Å²) in [5.41, 5.74) is 3.20. The first-order valence-corrected chi connectivity index (χ1v) is 6.07. The average molecular weight is 258 g/mol. The van der Waals surface area contributed by atoms with Crippen molar-refractivity contribution in [1.29, 1.82) is 0 Å². The molecule has 0 spiro atoms. The Bertz CT molecular complexity index is 601. The molecule has 100 valence electrons. The van der Waals surface area contributed by atoms with Crippen molar-refractivity contribution in [3.63, 3.8) is 0 Å². The van der Waals surface area contributed by atoms with Gasteiger partial charge in [0.15, 0.2) is 0 Å². The van der Waals surface area contributed by atoms with Crippen molar-refractivity contribution in [3.8, 4) is 0 Å². The van der Waals surface area contributed by atoms with Gasteiger partial charge in [-0.3, -0.25) is 9.48 Å². The van der Waals surface area contributed by atoms with Crippen molar-refractivity contribution in [2.24, 2.45) is 7.05 Å². The first kappa shape index (κ1) is 13.1. The normalized spacial score (nSPS) is 10.3. The zero-order valence-corrected chi connectivity index (χ0v) is 11.6. The molecule has 0 atom stereocenters. The van der Waals surface area contributed by atoms with E-state index in [4.69, 9.17) is 0 Å². The second-order valence-corrected chi connectivity index (χ2v) is 4.63. The summed E-state index contributed by atoms with van der Waals surface area (Å²) in [7, 11) is 5.71. The molecule has 1 heterocycles. The Morgan fingerprint density at radius 1 is 1.32 bits per heavy atom. The van der Waals surface area contributed by atoms with Gasteiger partial charge in [-0.1, -0.05) is 12.1 Å². The molecule has 19 heavy (non-hydrogen) atoms. The number of amides is 1. The Kier molecular flexibility index (Phi) is 3.55. The van der Waals surface area contributed by atoms with Crippen LogP contribution in [0.15, 0.2) is 30.5 Å². The molecule has 1 aromatic heterocycles. The lowest BCUT2D eigenvalue weighted by Crippen LogP contribution is -2.17. The quantitative estimate of drug-likeness (QED) is 0.916. The molecule has 0 saturated heterocycles. The fourth-order valence-corrected chi connectivity index (χ4v) is 1.88. The molecule has 0 aliphatic carbocycles. The van der Waals surface area contributed by atoms with Crippen molar-refractivity contribution in [2.45, 2.75) is 6.92 Å². The highest BCUT2D eigenvalue weighted by atomic mass is 16.1. The number of para-hydroxylation sites is 2. The number of anilines is 2. The van der Waals surface area contributed by atoms with Crippen LogP contribution in [0.3, 0.4) is 0 Å². The predicted octanol–water partition coefficient (Wildman–Crippen LogP) is 2.05. The number of hydrogen-bond donors (Lipinski definition) is 1. The summed E-state index contributed by atoms with van der Waals surface area (Å²) in [5.74, 6) is -0.139. The highest BCUT2D eigenvalue weighted by Gasteiger charge is 2.14. The molecule has 0 radical (unpaired) electrons. The molecule has 0 unspecified atom stereocenters. The van der Waals surface area contributed by atoms with Crippen LogP contribution >= 0.6 is 0 Å². The number of carbonyl (C=O) groups excluding carboxylic acids is 1. The number of aryl methyl sites for hydroxylation is 1. The monoisotopic (exact) mass is 258 g/mol. The third kappa shape index (κ3) is 2.59. The van der Waals surface area contributed by atoms with Gasteiger partial charge in [-0.25, -0.2) is 0 Å². The minimum absolute atomic E-state index is 0.139. The van der Waals surface area contributed by atoms with Crippen LogP contribution in [0.25, 0.3) is 0 Å². The van der Waals surface area contributed by atoms with E-state index in [1.54, 1.807) is 10.9 Å². The zero-order valence-electron chi connectivity index (χ0n) is 11.6. The van der Waals surface area contributed by atoms with Crippen LogP contribution in [-0.2, 0) is 7.05 Å². The Morgan fingerprint density at radius 3 is 2.58 bits per heavy atom. The van der Waals surface area contributed by atoms with Crippen molar-refractivity contribution >= 4 is 17.3 Å². The minimum atomic E-state index is -0.139. The molecule has 0 aliphatic rings. The van der Waals surface area contributed by atoms with Crippen LogP contribution in [0.4, 0.5) is 11.4 Å². The van der Waals surface area contributed by atoms with E-state index in [0.717, 1.165) is 17.1 Å². The van der Waals surface area contributed by atoms with Crippen molar-refractivity contribution < 1.29 is 4.79 Å². The van der Waals surface area contributed by atoms with Gasteiger partial charge in [0.1, 0.15) is 0 Å². The molecule has 5 nitrogen and oxygen atoms in total. The van der Waals surface area contributed by atoms with Crippen LogP contribution in [-0.4, -0.2) is 29.8 Å². The van der Waals surface area contributed by atoms with Crippen LogP contribution < -0.4 is 10.2 Å². The molecule has 1 N–H and O–H groups in total. The number of aromatic nitrogens is 2. The van der Waals surface area contributed by atoms with Crippen LogP contribution in [0.1, 0.15) is 16.1 Å². The fourth-order valence-electron chi connectivity index (χ4n) is 1.88. The lowest BCUT2D eigenvalue weighted by molar-refractivity contribution is 0.102. The molecule has 2 rings (SSSR count). The third-order valence-electron chi connectivity index (χ3n) is 3.11. The van der Waals surface area contributed by atoms with Crippen LogP contribution in [0.2, 0.25) is 0 Å². The molecule has 0 fully saturated rings. The first-order chi connectivity index (χ1) is 9.00. The zero-order chi connectivity index (χ0) is 14.0. The van der Waals surface area contributed by atoms with Gasteiger partial charge in [0.2, 0.25) is 0 Å². The molecular formula is C14H18N4O. The number of rotatable bonds is 3. The molecule has 0 saturated carbocycles. The lowest BCUT2D eigenvalue weighted by Gasteiger charge is -2.17. The Morgan fingerprint density at radius 2 is 2.00 bits per heavy atom. The largest absolute Gasteiger partial charge is 0.376 e. The van der Waals surface area contributed by atoms with Gasteiger partial charge < -0.3 is 10.2 Å². The minimum Gasteiger partial charge on any atom is -0.376 e. The fraction of sp³-hybridized carbons (Fsp3) is 0.286. The first-order valence-electron chi connectivity index (χ1n) is 6.07. The maximum atomic E-state index is 12.2. The van der Waals surface area contributed by atoms with Crippen molar-refractivity contribution in [2.75, 3.05) is 24.3 Å². The Hall–Kier alpha value is -2.30. The van der Waals surface area contributed by atoms with Crippen LogP contribution in [0, 0.1) is 6.92 Å². The second-order valence-electron chi connectivity index (χ2n) is 4.63. The molecule has 0 bridgehead atoms. The molecule has 1 amide bonds. The summed E-state index contributed by atoms with van der Waals surface area (Å²) in [4.78, 5) is 14.2. The summed E-state index contributed by atoms with van der Waals surface area (Å²) in [6.07, 6.45) is 1.59. The SMILES string of the molecule is Cc1c(C(=O)Nc2ccccc2N(C)C)cnn1C. The standard InChI is InChI=1S/C14H18N4O/c1-10-11(9-15-18(10)4)14(19)16-12-7-5-6-8-13(12)17(2)3/h5-9H,1-4H3,(H,16,19). The second kappa shape index (κ2) is 5.14. The molecule has 2 aromatic rings. The molecular weight excluding hydrogens is 240 g/mol. The number of hydrogen-bond acceptors (Lipinski definition) is 3. The van der Waals surface area contributed by atoms with Gasteiger partial charge in [-0.15, -0.1) is 0 Å². The molecule has 1 aromatic carbocycles. The molecule has 5 heteroatoms. The highest BCUT2D eigenvalue weighted by Crippen LogP contribution is 2.24. The summed E-state index contributed by atoms with van der Waals surface area (Å²) in [5, 5.41) is 7.01. The van der Waals surface area contributed by atoms with Gasteiger partial charge in [0.05, 0.1) is 23.1 Å². The average Bonchev–Trinajstić information content (AvgIpc) is 2.70. The molecule has 0 aliphatic heterocycles. The van der Waals surface area contributed by atoms with E-state index in [9.17, 15) is 4.79 Å². The maximum Gasteiger partial charge on any atom is 0.259 e. The van der Waals surface area contributed by atoms with Crippen molar-refractivity contribution in [3.05, 3.63) is 41.7 Å². The van der Waals surface area contributed by atoms with Gasteiger partial charge in [-0.2, -0.15) is 5.10 Å². The van der Waals surface area contributed by atoms with Gasteiger partial charge in [-0.05, 0) is 19.1 Å². The summed E-state index contributed by atoms with van der Waals surface area (Å²) in [6, 6.07) is 7.70. The smallest absolute Gasteiger partial charge is 0.259 e. The predicted molar refractivity (Wildman–Crippen MR) is 76.7 cm³/mol. The number of nitrogens with one attached hydrogen (secondary N) is 1. The topological polar surface area (TPSA) is 50.2 Å². The van der Waals surface area contributed by atoms with Crippen molar-refractivity contribution in [1.82, 2.24) is 9.78 Å². The summed E-state index contributed by atoms with van der Waals surface area (Å²) in [6.45, 7) is 1.87. The number of nitrogens with zero attached hydrogens (tertiary/aromatic N) is 3. The van der Waals surface area contributed by atoms with Gasteiger partial charge >= 0.3 is 0 Å². The van der Waals surface area contributed by atoms with E-state index in [1.165, 1.54) is 0 Å². The van der Waals surface area contributed by atoms with Gasteiger partial charge in [0, 0.05) is 26.8 Å². The highest BCUT2D eigenvalue weighted by molar-refractivity contribution is 6.06. The van der Waals surface area contributed by atoms with E-state index in [-0.39, 0.29) is 5.91 Å². The lowest BCUT2D eigenvalue weighted by atomic mass is 10.2. The Labute approximate surface area is 112 Å². The third-order valence-corrected chi connectivity index (χ3v) is 3.11. The number of carbonyl (C=O) groups is 1. The maximum absolute atomic E-state index is 12.2. The Balaban J connectivity index is 2.27. The van der Waals surface area contributed by atoms with E-state index < -0.39 is 0 Å². The van der Waals surface area contributed by atoms with E-state index in [0.29, 0.717) is 5.56 Å². The van der Waals surface area contributed by atoms with E-state index in [1.807, 2.05) is 57.2 Å². The summed E-state index contributed by atoms with van der Waals surface area (Å²) < 4.78 is 1.69. The summed E-state index contributed by atoms with van der Waals surface area (Å²) >= 11 is 0. The van der Waals surface area contributed by atoms with E-state index in [2.05, 4.69) is 10.4 Å². The van der Waals surface area contributed by atoms with E-state index >= 15 is 0 Å². The van der Waals surface area contributed by atoms with Gasteiger partial charge in [0.25, 0.3) is 5.91 Å². The van der Waals surface area contributed by atoms with Crippen LogP contribution in [0.5, 0.6) is 0 Å². The number of benzene rings is 1.